The summed E-state index contributed by atoms with van der Waals surface area (Å²) in [6, 6.07) is 4.03. The van der Waals surface area contributed by atoms with Crippen molar-refractivity contribution in [2.45, 2.75) is 13.8 Å². The molecule has 1 amide bonds. The van der Waals surface area contributed by atoms with Crippen LogP contribution in [0.2, 0.25) is 0 Å². The zero-order valence-electron chi connectivity index (χ0n) is 8.60. The number of benzene rings is 1. The van der Waals surface area contributed by atoms with E-state index in [-0.39, 0.29) is 12.5 Å². The smallest absolute Gasteiger partial charge is 0.247 e. The monoisotopic (exact) mass is 266 g/mol. The van der Waals surface area contributed by atoms with Crippen LogP contribution in [0.1, 0.15) is 16.7 Å². The minimum atomic E-state index is -0.0387. The molecule has 0 atom stereocenters. The fraction of sp³-hybridized carbons (Fsp3) is 0.273. The molecule has 15 heavy (non-hydrogen) atoms. The van der Waals surface area contributed by atoms with Crippen molar-refractivity contribution in [1.82, 2.24) is 5.32 Å². The lowest BCUT2D eigenvalue weighted by Gasteiger charge is -2.07. The Hall–Kier alpha value is -1.16. The Balaban J connectivity index is 2.42. The van der Waals surface area contributed by atoms with Gasteiger partial charge in [0.25, 0.3) is 0 Å². The lowest BCUT2D eigenvalue weighted by atomic mass is 10.1. The van der Waals surface area contributed by atoms with Gasteiger partial charge >= 0.3 is 0 Å². The number of carbonyl (C=O) groups excluding carboxylic acids is 1. The normalized spacial score (nSPS) is 15.1. The van der Waals surface area contributed by atoms with E-state index in [2.05, 4.69) is 26.2 Å². The second kappa shape index (κ2) is 3.77. The van der Waals surface area contributed by atoms with Crippen LogP contribution in [0.5, 0.6) is 0 Å². The number of nitrogens with zero attached hydrogens (tertiary/aromatic N) is 1. The predicted octanol–water partition coefficient (Wildman–Crippen LogP) is 1.94. The summed E-state index contributed by atoms with van der Waals surface area (Å²) in [7, 11) is 0. The van der Waals surface area contributed by atoms with E-state index in [4.69, 9.17) is 0 Å². The van der Waals surface area contributed by atoms with Crippen LogP contribution in [0.3, 0.4) is 0 Å². The van der Waals surface area contributed by atoms with Gasteiger partial charge in [0.1, 0.15) is 12.4 Å². The van der Waals surface area contributed by atoms with Crippen molar-refractivity contribution >= 4 is 27.7 Å². The molecule has 1 aromatic carbocycles. The average Bonchev–Trinajstić information content (AvgIpc) is 2.60. The first-order chi connectivity index (χ1) is 7.08. The zero-order chi connectivity index (χ0) is 11.0. The van der Waals surface area contributed by atoms with Gasteiger partial charge in [-0.2, -0.15) is 0 Å². The Bertz CT molecular complexity index is 443. The summed E-state index contributed by atoms with van der Waals surface area (Å²) in [5, 5.41) is 2.74. The fourth-order valence-corrected chi connectivity index (χ4v) is 1.84. The van der Waals surface area contributed by atoms with E-state index in [0.29, 0.717) is 5.84 Å². The summed E-state index contributed by atoms with van der Waals surface area (Å²) in [6.07, 6.45) is 0. The van der Waals surface area contributed by atoms with E-state index in [1.54, 1.807) is 0 Å². The average molecular weight is 267 g/mol. The molecule has 78 valence electrons. The summed E-state index contributed by atoms with van der Waals surface area (Å²) >= 11 is 3.51. The standard InChI is InChI=1S/C11H11BrN2O/c1-6-3-8(4-7(2)10(6)12)11-13-5-9(15)14-11/h3-4H,5H2,1-2H3,(H,13,14,15). The van der Waals surface area contributed by atoms with Gasteiger partial charge in [0.05, 0.1) is 0 Å². The quantitative estimate of drug-likeness (QED) is 0.830. The number of amidine groups is 1. The highest BCUT2D eigenvalue weighted by atomic mass is 79.9. The van der Waals surface area contributed by atoms with Gasteiger partial charge in [-0.05, 0) is 37.1 Å². The number of halogens is 1. The van der Waals surface area contributed by atoms with E-state index in [0.717, 1.165) is 21.2 Å². The van der Waals surface area contributed by atoms with Crippen LogP contribution >= 0.6 is 15.9 Å². The molecule has 0 saturated carbocycles. The van der Waals surface area contributed by atoms with Crippen molar-refractivity contribution in [3.63, 3.8) is 0 Å². The summed E-state index contributed by atoms with van der Waals surface area (Å²) in [5.41, 5.74) is 3.27. The first-order valence-corrected chi connectivity index (χ1v) is 5.48. The Morgan fingerprint density at radius 2 is 1.93 bits per heavy atom. The van der Waals surface area contributed by atoms with Gasteiger partial charge in [-0.15, -0.1) is 0 Å². The van der Waals surface area contributed by atoms with E-state index >= 15 is 0 Å². The van der Waals surface area contributed by atoms with E-state index in [1.165, 1.54) is 0 Å². The Labute approximate surface area is 96.7 Å². The highest BCUT2D eigenvalue weighted by Gasteiger charge is 2.15. The minimum Gasteiger partial charge on any atom is -0.309 e. The van der Waals surface area contributed by atoms with Crippen molar-refractivity contribution in [1.29, 1.82) is 0 Å². The third-order valence-electron chi connectivity index (χ3n) is 2.35. The molecule has 0 bridgehead atoms. The van der Waals surface area contributed by atoms with Gasteiger partial charge in [-0.25, -0.2) is 0 Å². The van der Waals surface area contributed by atoms with E-state index in [9.17, 15) is 4.79 Å². The largest absolute Gasteiger partial charge is 0.309 e. The van der Waals surface area contributed by atoms with Crippen molar-refractivity contribution in [3.05, 3.63) is 33.3 Å². The van der Waals surface area contributed by atoms with Crippen LogP contribution in [0, 0.1) is 13.8 Å². The summed E-state index contributed by atoms with van der Waals surface area (Å²) in [6.45, 7) is 4.29. The highest BCUT2D eigenvalue weighted by molar-refractivity contribution is 9.10. The molecule has 2 rings (SSSR count). The Kier molecular flexibility index (Phi) is 2.61. The Morgan fingerprint density at radius 3 is 2.40 bits per heavy atom. The third-order valence-corrected chi connectivity index (χ3v) is 3.60. The van der Waals surface area contributed by atoms with Crippen molar-refractivity contribution < 1.29 is 4.79 Å². The number of aliphatic imine (C=N–C) groups is 1. The molecular formula is C11H11BrN2O. The maximum atomic E-state index is 11.0. The summed E-state index contributed by atoms with van der Waals surface area (Å²) in [4.78, 5) is 15.2. The molecular weight excluding hydrogens is 256 g/mol. The van der Waals surface area contributed by atoms with Gasteiger partial charge in [0.15, 0.2) is 0 Å². The lowest BCUT2D eigenvalue weighted by Crippen LogP contribution is -2.25. The van der Waals surface area contributed by atoms with Crippen LogP contribution in [-0.2, 0) is 4.79 Å². The number of aryl methyl sites for hydroxylation is 2. The van der Waals surface area contributed by atoms with Gasteiger partial charge in [0.2, 0.25) is 5.91 Å². The number of hydrogen-bond donors (Lipinski definition) is 1. The second-order valence-electron chi connectivity index (χ2n) is 3.64. The predicted molar refractivity (Wildman–Crippen MR) is 63.2 cm³/mol. The topological polar surface area (TPSA) is 41.5 Å². The molecule has 3 nitrogen and oxygen atoms in total. The van der Waals surface area contributed by atoms with Gasteiger partial charge in [-0.3, -0.25) is 9.79 Å². The van der Waals surface area contributed by atoms with Crippen LogP contribution in [0.15, 0.2) is 21.6 Å². The van der Waals surface area contributed by atoms with E-state index < -0.39 is 0 Å². The number of carbonyl (C=O) groups is 1. The van der Waals surface area contributed by atoms with Gasteiger partial charge in [0, 0.05) is 10.0 Å². The van der Waals surface area contributed by atoms with Crippen LogP contribution in [0.4, 0.5) is 0 Å². The summed E-state index contributed by atoms with van der Waals surface area (Å²) < 4.78 is 1.11. The van der Waals surface area contributed by atoms with Gasteiger partial charge < -0.3 is 5.32 Å². The maximum absolute atomic E-state index is 11.0. The van der Waals surface area contributed by atoms with Crippen LogP contribution in [-0.4, -0.2) is 18.3 Å². The first-order valence-electron chi connectivity index (χ1n) is 4.69. The molecule has 0 fully saturated rings. The molecule has 0 spiro atoms. The number of amides is 1. The molecule has 1 heterocycles. The fourth-order valence-electron chi connectivity index (χ4n) is 1.61. The molecule has 0 unspecified atom stereocenters. The van der Waals surface area contributed by atoms with E-state index in [1.807, 2.05) is 26.0 Å². The highest BCUT2D eigenvalue weighted by Crippen LogP contribution is 2.22. The SMILES string of the molecule is Cc1cc(C2=NCC(=O)N2)cc(C)c1Br. The van der Waals surface area contributed by atoms with Crippen molar-refractivity contribution in [2.24, 2.45) is 4.99 Å². The third kappa shape index (κ3) is 1.95. The number of rotatable bonds is 1. The Morgan fingerprint density at radius 1 is 1.33 bits per heavy atom. The molecule has 0 aliphatic carbocycles. The van der Waals surface area contributed by atoms with Crippen LogP contribution < -0.4 is 5.32 Å². The molecule has 4 heteroatoms. The second-order valence-corrected chi connectivity index (χ2v) is 4.43. The molecule has 1 aliphatic heterocycles. The number of nitrogens with one attached hydrogen (secondary N) is 1. The molecule has 0 aromatic heterocycles. The molecule has 0 radical (unpaired) electrons. The lowest BCUT2D eigenvalue weighted by molar-refractivity contribution is -0.117. The first kappa shape index (κ1) is 10.4. The molecule has 1 N–H and O–H groups in total. The van der Waals surface area contributed by atoms with Crippen molar-refractivity contribution in [3.8, 4) is 0 Å². The number of hydrogen-bond acceptors (Lipinski definition) is 2. The summed E-state index contributed by atoms with van der Waals surface area (Å²) in [5.74, 6) is 0.641. The molecule has 1 aromatic rings. The zero-order valence-corrected chi connectivity index (χ0v) is 10.2. The van der Waals surface area contributed by atoms with Crippen LogP contribution in [0.25, 0.3) is 0 Å². The van der Waals surface area contributed by atoms with Crippen molar-refractivity contribution in [2.75, 3.05) is 6.54 Å². The molecule has 0 saturated heterocycles. The minimum absolute atomic E-state index is 0.0387. The molecule has 1 aliphatic rings. The maximum Gasteiger partial charge on any atom is 0.247 e. The van der Waals surface area contributed by atoms with Gasteiger partial charge in [-0.1, -0.05) is 15.9 Å².